The van der Waals surface area contributed by atoms with Gasteiger partial charge in [0.05, 0.1) is 18.2 Å². The molecule has 2 aromatic carbocycles. The molecule has 6 nitrogen and oxygen atoms in total. The number of carbonyl (C=O) groups is 1. The van der Waals surface area contributed by atoms with E-state index in [0.717, 1.165) is 69.6 Å². The van der Waals surface area contributed by atoms with Crippen LogP contribution in [0.1, 0.15) is 48.0 Å². The molecule has 4 rings (SSSR count). The van der Waals surface area contributed by atoms with Crippen molar-refractivity contribution in [2.75, 3.05) is 25.6 Å². The van der Waals surface area contributed by atoms with Gasteiger partial charge in [-0.2, -0.15) is 13.2 Å². The molecule has 2 aliphatic rings. The minimum atomic E-state index is -4.47. The number of carbonyl (C=O) groups excluding carboxylic acids is 1. The highest BCUT2D eigenvalue weighted by Crippen LogP contribution is 2.30. The second-order valence-electron chi connectivity index (χ2n) is 9.30. The van der Waals surface area contributed by atoms with Crippen molar-refractivity contribution in [1.29, 1.82) is 0 Å². The topological polar surface area (TPSA) is 66.0 Å². The van der Waals surface area contributed by atoms with Gasteiger partial charge in [0, 0.05) is 35.0 Å². The van der Waals surface area contributed by atoms with Gasteiger partial charge in [0.15, 0.2) is 0 Å². The number of rotatable bonds is 5. The van der Waals surface area contributed by atoms with Gasteiger partial charge in [0.2, 0.25) is 5.96 Å². The fourth-order valence-corrected chi connectivity index (χ4v) is 4.93. The fourth-order valence-electron chi connectivity index (χ4n) is 4.74. The summed E-state index contributed by atoms with van der Waals surface area (Å²) in [5, 5.41) is 6.39. The first-order valence-corrected chi connectivity index (χ1v) is 12.5. The summed E-state index contributed by atoms with van der Waals surface area (Å²) in [6.45, 7) is 1.53. The third-order valence-corrected chi connectivity index (χ3v) is 7.02. The number of anilines is 1. The van der Waals surface area contributed by atoms with E-state index in [4.69, 9.17) is 21.3 Å². The number of amides is 1. The second kappa shape index (κ2) is 11.6. The number of halogens is 4. The first-order chi connectivity index (χ1) is 17.2. The first kappa shape index (κ1) is 26.4. The van der Waals surface area contributed by atoms with Crippen LogP contribution in [0.2, 0.25) is 5.02 Å². The Morgan fingerprint density at radius 3 is 2.56 bits per heavy atom. The zero-order chi connectivity index (χ0) is 25.7. The predicted octanol–water partition coefficient (Wildman–Crippen LogP) is 5.59. The van der Waals surface area contributed by atoms with Gasteiger partial charge in [-0.25, -0.2) is 4.99 Å². The van der Waals surface area contributed by atoms with Gasteiger partial charge in [-0.3, -0.25) is 15.0 Å². The van der Waals surface area contributed by atoms with Crippen molar-refractivity contribution in [2.24, 2.45) is 4.99 Å². The number of aliphatic imine (C=N–C) groups is 1. The summed E-state index contributed by atoms with van der Waals surface area (Å²) in [5.74, 6) is -0.316. The minimum absolute atomic E-state index is 0.0249. The van der Waals surface area contributed by atoms with E-state index >= 15 is 0 Å². The lowest BCUT2D eigenvalue weighted by Crippen LogP contribution is -2.44. The van der Waals surface area contributed by atoms with Crippen LogP contribution in [0.4, 0.5) is 18.9 Å². The van der Waals surface area contributed by atoms with Crippen LogP contribution in [0.25, 0.3) is 0 Å². The van der Waals surface area contributed by atoms with Crippen LogP contribution in [-0.4, -0.2) is 55.2 Å². The number of nitrogens with zero attached hydrogens (tertiary/aromatic N) is 2. The molecule has 2 N–H and O–H groups in total. The van der Waals surface area contributed by atoms with Crippen molar-refractivity contribution in [3.05, 3.63) is 64.7 Å². The van der Waals surface area contributed by atoms with E-state index in [2.05, 4.69) is 22.6 Å². The summed E-state index contributed by atoms with van der Waals surface area (Å²) >= 11 is 6.11. The molecule has 0 bridgehead atoms. The van der Waals surface area contributed by atoms with E-state index in [0.29, 0.717) is 22.8 Å². The quantitative estimate of drug-likeness (QED) is 0.397. The van der Waals surface area contributed by atoms with Gasteiger partial charge < -0.3 is 10.1 Å². The number of guanidine groups is 1. The number of nitrogens with one attached hydrogen (secondary N) is 2. The van der Waals surface area contributed by atoms with Gasteiger partial charge in [0.1, 0.15) is 0 Å². The summed E-state index contributed by atoms with van der Waals surface area (Å²) in [6.07, 6.45) is 0.352. The molecular formula is C26H30ClF3N4O2. The van der Waals surface area contributed by atoms with Crippen molar-refractivity contribution >= 4 is 29.2 Å². The van der Waals surface area contributed by atoms with E-state index in [1.54, 1.807) is 24.3 Å². The fraction of sp³-hybridized carbons (Fsp3) is 0.462. The van der Waals surface area contributed by atoms with Crippen LogP contribution >= 0.6 is 11.6 Å². The zero-order valence-corrected chi connectivity index (χ0v) is 20.8. The summed E-state index contributed by atoms with van der Waals surface area (Å²) < 4.78 is 44.3. The van der Waals surface area contributed by atoms with E-state index in [1.807, 2.05) is 0 Å². The normalized spacial score (nSPS) is 23.1. The van der Waals surface area contributed by atoms with Crippen molar-refractivity contribution in [3.8, 4) is 0 Å². The lowest BCUT2D eigenvalue weighted by atomic mass is 9.89. The van der Waals surface area contributed by atoms with Gasteiger partial charge in [-0.1, -0.05) is 17.7 Å². The van der Waals surface area contributed by atoms with E-state index < -0.39 is 17.6 Å². The number of alkyl halides is 3. The Hall–Kier alpha value is -2.62. The Labute approximate surface area is 213 Å². The lowest BCUT2D eigenvalue weighted by molar-refractivity contribution is -0.137. The van der Waals surface area contributed by atoms with E-state index in [1.165, 1.54) is 0 Å². The highest BCUT2D eigenvalue weighted by molar-refractivity contribution is 6.31. The summed E-state index contributed by atoms with van der Waals surface area (Å²) in [5.41, 5.74) is -0.0670. The first-order valence-electron chi connectivity index (χ1n) is 12.1. The SMILES string of the molecule is CN(C1CCOC1)C1CCCC(N=C(NC(=O)c2ccc(C(F)(F)F)cc2)Nc2cccc(Cl)c2)C1. The lowest BCUT2D eigenvalue weighted by Gasteiger charge is -2.37. The number of ether oxygens (including phenoxy) is 1. The molecular weight excluding hydrogens is 493 g/mol. The molecule has 1 saturated carbocycles. The van der Waals surface area contributed by atoms with Crippen LogP contribution in [0, 0.1) is 0 Å². The second-order valence-corrected chi connectivity index (χ2v) is 9.74. The molecule has 3 atom stereocenters. The van der Waals surface area contributed by atoms with Gasteiger partial charge in [0.25, 0.3) is 5.91 Å². The Balaban J connectivity index is 1.51. The third-order valence-electron chi connectivity index (χ3n) is 6.78. The molecule has 36 heavy (non-hydrogen) atoms. The zero-order valence-electron chi connectivity index (χ0n) is 20.0. The monoisotopic (exact) mass is 522 g/mol. The Morgan fingerprint density at radius 2 is 1.89 bits per heavy atom. The molecule has 10 heteroatoms. The maximum atomic E-state index is 12.9. The van der Waals surface area contributed by atoms with E-state index in [-0.39, 0.29) is 17.6 Å². The molecule has 1 aliphatic heterocycles. The Bertz CT molecular complexity index is 1070. The molecule has 194 valence electrons. The average Bonchev–Trinajstić information content (AvgIpc) is 3.38. The molecule has 2 aromatic rings. The van der Waals surface area contributed by atoms with Crippen LogP contribution in [-0.2, 0) is 10.9 Å². The minimum Gasteiger partial charge on any atom is -0.380 e. The average molecular weight is 523 g/mol. The van der Waals surface area contributed by atoms with Crippen molar-refractivity contribution < 1.29 is 22.7 Å². The van der Waals surface area contributed by atoms with Crippen LogP contribution in [0.3, 0.4) is 0 Å². The highest BCUT2D eigenvalue weighted by atomic mass is 35.5. The van der Waals surface area contributed by atoms with Crippen molar-refractivity contribution in [3.63, 3.8) is 0 Å². The van der Waals surface area contributed by atoms with Crippen molar-refractivity contribution in [1.82, 2.24) is 10.2 Å². The van der Waals surface area contributed by atoms with Crippen LogP contribution in [0.5, 0.6) is 0 Å². The predicted molar refractivity (Wildman–Crippen MR) is 134 cm³/mol. The Kier molecular flexibility index (Phi) is 8.54. The summed E-state index contributed by atoms with van der Waals surface area (Å²) in [7, 11) is 2.13. The van der Waals surface area contributed by atoms with E-state index in [9.17, 15) is 18.0 Å². The van der Waals surface area contributed by atoms with Crippen LogP contribution < -0.4 is 10.6 Å². The largest absolute Gasteiger partial charge is 0.416 e. The highest BCUT2D eigenvalue weighted by Gasteiger charge is 2.31. The van der Waals surface area contributed by atoms with Crippen LogP contribution in [0.15, 0.2) is 53.5 Å². The number of benzene rings is 2. The molecule has 0 spiro atoms. The molecule has 1 aliphatic carbocycles. The molecule has 3 unspecified atom stereocenters. The van der Waals surface area contributed by atoms with Crippen molar-refractivity contribution in [2.45, 2.75) is 56.4 Å². The molecule has 1 amide bonds. The summed E-state index contributed by atoms with van der Waals surface area (Å²) in [6, 6.07) is 11.8. The molecule has 1 heterocycles. The summed E-state index contributed by atoms with van der Waals surface area (Å²) in [4.78, 5) is 20.1. The standard InChI is InChI=1S/C26H30ClF3N4O2/c1-34(23-12-13-36-16-23)22-7-3-6-21(15-22)32-25(31-20-5-2-4-19(27)14-20)33-24(35)17-8-10-18(11-9-17)26(28,29)30/h2,4-5,8-11,14,21-23H,3,6-7,12-13,15-16H2,1H3,(H2,31,32,33,35). The third kappa shape index (κ3) is 6.99. The Morgan fingerprint density at radius 1 is 1.11 bits per heavy atom. The maximum Gasteiger partial charge on any atom is 0.416 e. The molecule has 1 saturated heterocycles. The van der Waals surface area contributed by atoms with Gasteiger partial charge in [-0.15, -0.1) is 0 Å². The van der Waals surface area contributed by atoms with Gasteiger partial charge >= 0.3 is 6.18 Å². The molecule has 2 fully saturated rings. The number of hydrogen-bond acceptors (Lipinski definition) is 4. The maximum absolute atomic E-state index is 12.9. The number of likely N-dealkylation sites (N-methyl/N-ethyl adjacent to an activating group) is 1. The molecule has 0 radical (unpaired) electrons. The smallest absolute Gasteiger partial charge is 0.380 e. The number of hydrogen-bond donors (Lipinski definition) is 2. The molecule has 0 aromatic heterocycles. The van der Waals surface area contributed by atoms with Gasteiger partial charge in [-0.05, 0) is 81.6 Å².